The van der Waals surface area contributed by atoms with E-state index in [1.165, 1.54) is 26.9 Å². The highest BCUT2D eigenvalue weighted by Gasteiger charge is 2.19. The van der Waals surface area contributed by atoms with E-state index in [0.29, 0.717) is 17.5 Å². The highest BCUT2D eigenvalue weighted by atomic mass is 16.3. The molecule has 11 aromatic rings. The van der Waals surface area contributed by atoms with Gasteiger partial charge in [-0.1, -0.05) is 146 Å². The Kier molecular flexibility index (Phi) is 6.52. The van der Waals surface area contributed by atoms with Crippen LogP contribution in [0.3, 0.4) is 0 Å². The lowest BCUT2D eigenvalue weighted by Crippen LogP contribution is -2.01. The Hall–Kier alpha value is -7.17. The average molecular weight is 676 g/mol. The summed E-state index contributed by atoms with van der Waals surface area (Å²) < 4.78 is 6.35. The zero-order chi connectivity index (χ0) is 34.9. The van der Waals surface area contributed by atoms with E-state index < -0.39 is 0 Å². The van der Waals surface area contributed by atoms with Gasteiger partial charge in [-0.15, -0.1) is 0 Å². The van der Waals surface area contributed by atoms with Crippen LogP contribution in [0.1, 0.15) is 0 Å². The number of hydrogen-bond donors (Lipinski definition) is 0. The van der Waals surface area contributed by atoms with Crippen LogP contribution in [-0.4, -0.2) is 15.0 Å². The number of aromatic nitrogens is 3. The summed E-state index contributed by atoms with van der Waals surface area (Å²) in [6.45, 7) is 0. The third kappa shape index (κ3) is 4.80. The van der Waals surface area contributed by atoms with Gasteiger partial charge in [0.15, 0.2) is 17.5 Å². The van der Waals surface area contributed by atoms with Gasteiger partial charge < -0.3 is 4.42 Å². The van der Waals surface area contributed by atoms with E-state index in [-0.39, 0.29) is 0 Å². The Morgan fingerprint density at radius 1 is 0.302 bits per heavy atom. The zero-order valence-electron chi connectivity index (χ0n) is 28.5. The lowest BCUT2D eigenvalue weighted by atomic mass is 9.90. The summed E-state index contributed by atoms with van der Waals surface area (Å²) in [4.78, 5) is 15.3. The monoisotopic (exact) mass is 675 g/mol. The van der Waals surface area contributed by atoms with Crippen molar-refractivity contribution in [3.8, 4) is 45.3 Å². The van der Waals surface area contributed by atoms with Crippen molar-refractivity contribution in [1.29, 1.82) is 0 Å². The van der Waals surface area contributed by atoms with Gasteiger partial charge in [0, 0.05) is 32.8 Å². The fraction of sp³-hybridized carbons (Fsp3) is 0. The van der Waals surface area contributed by atoms with Crippen LogP contribution in [0.15, 0.2) is 180 Å². The summed E-state index contributed by atoms with van der Waals surface area (Å²) in [7, 11) is 0. The Bertz CT molecular complexity index is 3160. The highest BCUT2D eigenvalue weighted by molar-refractivity contribution is 6.31. The van der Waals surface area contributed by atoms with Crippen molar-refractivity contribution >= 4 is 65.0 Å². The summed E-state index contributed by atoms with van der Waals surface area (Å²) in [6, 6.07) is 61.7. The summed E-state index contributed by atoms with van der Waals surface area (Å²) in [5.41, 5.74) is 6.82. The van der Waals surface area contributed by atoms with Gasteiger partial charge in [-0.25, -0.2) is 15.0 Å². The molecule has 0 radical (unpaired) electrons. The Labute approximate surface area is 304 Å². The van der Waals surface area contributed by atoms with Crippen LogP contribution >= 0.6 is 0 Å². The maximum Gasteiger partial charge on any atom is 0.164 e. The van der Waals surface area contributed by atoms with E-state index in [0.717, 1.165) is 65.9 Å². The highest BCUT2D eigenvalue weighted by Crippen LogP contribution is 2.42. The standard InChI is InChI=1S/C49H29N3O/c1-3-11-32(12-4-1)47-50-48(33-13-5-2-6-14-33)52-49(51-47)41-29-35-16-8-7-15-34(35)28-40(41)37-23-25-38-36(27-37)22-21-30-19-20-31-24-26-43-46(45(31)44(30)38)39-17-9-10-18-42(39)53-43/h1-29H. The molecule has 0 unspecified atom stereocenters. The molecule has 4 nitrogen and oxygen atoms in total. The second-order valence-corrected chi connectivity index (χ2v) is 13.6. The first-order chi connectivity index (χ1) is 26.2. The molecule has 2 aromatic heterocycles. The van der Waals surface area contributed by atoms with E-state index in [9.17, 15) is 0 Å². The first kappa shape index (κ1) is 29.5. The Morgan fingerprint density at radius 3 is 1.58 bits per heavy atom. The van der Waals surface area contributed by atoms with Crippen LogP contribution in [0.2, 0.25) is 0 Å². The molecule has 0 aliphatic carbocycles. The molecular formula is C49H29N3O. The second kappa shape index (κ2) is 11.7. The van der Waals surface area contributed by atoms with Gasteiger partial charge in [-0.3, -0.25) is 0 Å². The fourth-order valence-electron chi connectivity index (χ4n) is 7.95. The summed E-state index contributed by atoms with van der Waals surface area (Å²) in [5, 5.41) is 11.8. The van der Waals surface area contributed by atoms with Crippen LogP contribution < -0.4 is 0 Å². The number of benzene rings is 9. The number of hydrogen-bond acceptors (Lipinski definition) is 4. The molecule has 0 atom stereocenters. The quantitative estimate of drug-likeness (QED) is 0.174. The van der Waals surface area contributed by atoms with Crippen LogP contribution in [0, 0.1) is 0 Å². The van der Waals surface area contributed by atoms with E-state index in [1.807, 2.05) is 66.7 Å². The van der Waals surface area contributed by atoms with Crippen molar-refractivity contribution < 1.29 is 4.42 Å². The molecule has 4 heteroatoms. The summed E-state index contributed by atoms with van der Waals surface area (Å²) in [6.07, 6.45) is 0. The molecule has 53 heavy (non-hydrogen) atoms. The van der Waals surface area contributed by atoms with Crippen molar-refractivity contribution in [2.45, 2.75) is 0 Å². The second-order valence-electron chi connectivity index (χ2n) is 13.6. The SMILES string of the molecule is c1ccc(-c2nc(-c3ccccc3)nc(-c3cc4ccccc4cc3-c3ccc4c(ccc5ccc6ccc7oc8ccccc8c7c6c54)c3)n2)cc1. The zero-order valence-corrected chi connectivity index (χ0v) is 28.5. The molecule has 0 spiro atoms. The largest absolute Gasteiger partial charge is 0.456 e. The number of fused-ring (bicyclic) bond motifs is 10. The molecular weight excluding hydrogens is 647 g/mol. The number of para-hydroxylation sites is 1. The molecule has 9 aromatic carbocycles. The molecule has 0 saturated heterocycles. The van der Waals surface area contributed by atoms with Gasteiger partial charge in [0.2, 0.25) is 0 Å². The molecule has 0 saturated carbocycles. The van der Waals surface area contributed by atoms with Gasteiger partial charge >= 0.3 is 0 Å². The smallest absolute Gasteiger partial charge is 0.164 e. The first-order valence-corrected chi connectivity index (χ1v) is 17.9. The third-order valence-corrected chi connectivity index (χ3v) is 10.5. The summed E-state index contributed by atoms with van der Waals surface area (Å²) in [5.74, 6) is 1.92. The third-order valence-electron chi connectivity index (χ3n) is 10.5. The van der Waals surface area contributed by atoms with Gasteiger partial charge in [0.25, 0.3) is 0 Å². The van der Waals surface area contributed by atoms with Crippen LogP contribution in [0.25, 0.3) is 110 Å². The predicted octanol–water partition coefficient (Wildman–Crippen LogP) is 13.1. The molecule has 11 rings (SSSR count). The Morgan fingerprint density at radius 2 is 0.868 bits per heavy atom. The molecule has 0 amide bonds. The van der Waals surface area contributed by atoms with Gasteiger partial charge in [-0.2, -0.15) is 0 Å². The van der Waals surface area contributed by atoms with E-state index in [1.54, 1.807) is 0 Å². The van der Waals surface area contributed by atoms with Gasteiger partial charge in [0.1, 0.15) is 11.2 Å². The van der Waals surface area contributed by atoms with Crippen molar-refractivity contribution in [1.82, 2.24) is 15.0 Å². The van der Waals surface area contributed by atoms with Crippen LogP contribution in [0.4, 0.5) is 0 Å². The van der Waals surface area contributed by atoms with Crippen LogP contribution in [0.5, 0.6) is 0 Å². The fourth-order valence-corrected chi connectivity index (χ4v) is 7.95. The normalized spacial score (nSPS) is 11.8. The maximum atomic E-state index is 6.35. The van der Waals surface area contributed by atoms with Crippen molar-refractivity contribution in [2.24, 2.45) is 0 Å². The minimum Gasteiger partial charge on any atom is -0.456 e. The maximum absolute atomic E-state index is 6.35. The predicted molar refractivity (Wildman–Crippen MR) is 219 cm³/mol. The molecule has 0 fully saturated rings. The molecule has 0 aliphatic heterocycles. The number of furan rings is 1. The van der Waals surface area contributed by atoms with E-state index >= 15 is 0 Å². The van der Waals surface area contributed by atoms with Crippen LogP contribution in [-0.2, 0) is 0 Å². The van der Waals surface area contributed by atoms with Gasteiger partial charge in [-0.05, 0) is 79.2 Å². The van der Waals surface area contributed by atoms with Crippen molar-refractivity contribution in [3.05, 3.63) is 176 Å². The topological polar surface area (TPSA) is 51.8 Å². The first-order valence-electron chi connectivity index (χ1n) is 17.9. The minimum atomic E-state index is 0.636. The molecule has 0 aliphatic rings. The van der Waals surface area contributed by atoms with Crippen molar-refractivity contribution in [2.75, 3.05) is 0 Å². The average Bonchev–Trinajstić information content (AvgIpc) is 3.62. The van der Waals surface area contributed by atoms with E-state index in [2.05, 4.69) is 109 Å². The van der Waals surface area contributed by atoms with Crippen molar-refractivity contribution in [3.63, 3.8) is 0 Å². The molecule has 0 bridgehead atoms. The minimum absolute atomic E-state index is 0.636. The number of nitrogens with zero attached hydrogens (tertiary/aromatic N) is 3. The van der Waals surface area contributed by atoms with Gasteiger partial charge in [0.05, 0.1) is 0 Å². The molecule has 0 N–H and O–H groups in total. The summed E-state index contributed by atoms with van der Waals surface area (Å²) >= 11 is 0. The van der Waals surface area contributed by atoms with E-state index in [4.69, 9.17) is 19.4 Å². The Balaban J connectivity index is 1.17. The molecule has 2 heterocycles. The lowest BCUT2D eigenvalue weighted by Gasteiger charge is -2.15. The number of rotatable bonds is 4. The lowest BCUT2D eigenvalue weighted by molar-refractivity contribution is 0.669. The molecule has 246 valence electrons.